The molecule has 2 amide bonds. The average Bonchev–Trinajstić information content (AvgIpc) is 2.88. The Kier molecular flexibility index (Phi) is 4.16. The minimum absolute atomic E-state index is 0.0450. The summed E-state index contributed by atoms with van der Waals surface area (Å²) >= 11 is 0. The zero-order valence-corrected chi connectivity index (χ0v) is 16.2. The Morgan fingerprint density at radius 3 is 2.08 bits per heavy atom. The van der Waals surface area contributed by atoms with E-state index in [9.17, 15) is 14.7 Å². The number of nitrogens with zero attached hydrogens (tertiary/aromatic N) is 1. The summed E-state index contributed by atoms with van der Waals surface area (Å²) in [5.41, 5.74) is -0.505. The first-order valence-corrected chi connectivity index (χ1v) is 10.1. The highest BCUT2D eigenvalue weighted by molar-refractivity contribution is 5.70. The molecule has 2 N–H and O–H groups in total. The number of ether oxygens (including phenoxy) is 1. The van der Waals surface area contributed by atoms with Gasteiger partial charge in [-0.3, -0.25) is 0 Å². The van der Waals surface area contributed by atoms with Crippen LogP contribution < -0.4 is 5.32 Å². The van der Waals surface area contributed by atoms with Crippen molar-refractivity contribution in [1.29, 1.82) is 0 Å². The molecule has 4 aliphatic carbocycles. The van der Waals surface area contributed by atoms with Crippen LogP contribution in [-0.4, -0.2) is 46.4 Å². The van der Waals surface area contributed by atoms with E-state index in [-0.39, 0.29) is 17.5 Å². The second-order valence-corrected chi connectivity index (χ2v) is 10.2. The third-order valence-corrected chi connectivity index (χ3v) is 7.06. The van der Waals surface area contributed by atoms with E-state index in [0.717, 1.165) is 37.0 Å². The molecule has 26 heavy (non-hydrogen) atoms. The van der Waals surface area contributed by atoms with Gasteiger partial charge in [-0.15, -0.1) is 0 Å². The first-order chi connectivity index (χ1) is 12.2. The number of likely N-dealkylation sites (tertiary alicyclic amines) is 1. The smallest absolute Gasteiger partial charge is 0.407 e. The Bertz CT molecular complexity index is 562. The van der Waals surface area contributed by atoms with Gasteiger partial charge in [0.1, 0.15) is 5.60 Å². The summed E-state index contributed by atoms with van der Waals surface area (Å²) in [5.74, 6) is 2.25. The van der Waals surface area contributed by atoms with Crippen LogP contribution in [0.15, 0.2) is 0 Å². The van der Waals surface area contributed by atoms with Crippen molar-refractivity contribution in [2.45, 2.75) is 83.4 Å². The molecular formula is C20H32N2O4. The number of nitrogens with one attached hydrogen (secondary N) is 1. The second kappa shape index (κ2) is 6.03. The van der Waals surface area contributed by atoms with Crippen molar-refractivity contribution in [2.75, 3.05) is 6.54 Å². The molecule has 4 bridgehead atoms. The molecule has 2 atom stereocenters. The van der Waals surface area contributed by atoms with Crippen molar-refractivity contribution in [3.63, 3.8) is 0 Å². The lowest BCUT2D eigenvalue weighted by Crippen LogP contribution is -2.61. The Labute approximate surface area is 155 Å². The first kappa shape index (κ1) is 17.9. The number of carbonyl (C=O) groups is 2. The molecule has 146 valence electrons. The van der Waals surface area contributed by atoms with E-state index in [0.29, 0.717) is 13.0 Å². The van der Waals surface area contributed by atoms with Gasteiger partial charge in [0, 0.05) is 6.54 Å². The minimum atomic E-state index is -0.848. The van der Waals surface area contributed by atoms with Crippen molar-refractivity contribution in [3.05, 3.63) is 0 Å². The lowest BCUT2D eigenvalue weighted by atomic mass is 9.47. The minimum Gasteiger partial charge on any atom is -0.465 e. The summed E-state index contributed by atoms with van der Waals surface area (Å²) in [5, 5.41) is 12.8. The monoisotopic (exact) mass is 364 g/mol. The predicted molar refractivity (Wildman–Crippen MR) is 96.9 cm³/mol. The first-order valence-electron chi connectivity index (χ1n) is 10.1. The summed E-state index contributed by atoms with van der Waals surface area (Å²) in [4.78, 5) is 25.9. The van der Waals surface area contributed by atoms with Crippen molar-refractivity contribution in [1.82, 2.24) is 10.2 Å². The molecular weight excluding hydrogens is 332 g/mol. The maximum atomic E-state index is 12.4. The Morgan fingerprint density at radius 1 is 1.08 bits per heavy atom. The van der Waals surface area contributed by atoms with Crippen LogP contribution in [0.1, 0.15) is 65.7 Å². The maximum Gasteiger partial charge on any atom is 0.407 e. The molecule has 0 spiro atoms. The molecule has 0 aromatic carbocycles. The highest BCUT2D eigenvalue weighted by Gasteiger charge is 2.59. The number of carboxylic acid groups (broad SMARTS) is 1. The van der Waals surface area contributed by atoms with Crippen molar-refractivity contribution in [2.24, 2.45) is 23.2 Å². The second-order valence-electron chi connectivity index (χ2n) is 10.2. The lowest BCUT2D eigenvalue weighted by Gasteiger charge is -2.60. The topological polar surface area (TPSA) is 78.9 Å². The van der Waals surface area contributed by atoms with Crippen LogP contribution in [-0.2, 0) is 4.74 Å². The molecule has 1 saturated heterocycles. The summed E-state index contributed by atoms with van der Waals surface area (Å²) in [7, 11) is 0. The van der Waals surface area contributed by atoms with Gasteiger partial charge in [0.15, 0.2) is 0 Å². The molecule has 1 heterocycles. The summed E-state index contributed by atoms with van der Waals surface area (Å²) in [6.45, 7) is 6.05. The van der Waals surface area contributed by atoms with Crippen LogP contribution in [0.3, 0.4) is 0 Å². The molecule has 1 unspecified atom stereocenters. The Hall–Kier alpha value is -1.46. The van der Waals surface area contributed by atoms with E-state index in [1.165, 1.54) is 19.3 Å². The summed E-state index contributed by atoms with van der Waals surface area (Å²) in [6, 6.07) is -0.252. The number of hydrogen-bond donors (Lipinski definition) is 2. The third-order valence-electron chi connectivity index (χ3n) is 7.06. The highest BCUT2D eigenvalue weighted by Crippen LogP contribution is 2.63. The molecule has 1 aliphatic heterocycles. The molecule has 5 aliphatic rings. The average molecular weight is 364 g/mol. The van der Waals surface area contributed by atoms with Crippen LogP contribution in [0.5, 0.6) is 0 Å². The normalized spacial score (nSPS) is 41.3. The van der Waals surface area contributed by atoms with E-state index in [1.807, 2.05) is 20.8 Å². The lowest BCUT2D eigenvalue weighted by molar-refractivity contribution is -0.0933. The zero-order chi connectivity index (χ0) is 18.7. The summed E-state index contributed by atoms with van der Waals surface area (Å²) in [6.07, 6.45) is 6.75. The fourth-order valence-corrected chi connectivity index (χ4v) is 6.91. The quantitative estimate of drug-likeness (QED) is 0.780. The van der Waals surface area contributed by atoms with Gasteiger partial charge in [0.05, 0.1) is 12.1 Å². The van der Waals surface area contributed by atoms with Crippen LogP contribution in [0.4, 0.5) is 9.59 Å². The van der Waals surface area contributed by atoms with Gasteiger partial charge >= 0.3 is 12.2 Å². The Morgan fingerprint density at radius 2 is 1.62 bits per heavy atom. The molecule has 5 fully saturated rings. The molecule has 0 aromatic rings. The van der Waals surface area contributed by atoms with Gasteiger partial charge < -0.3 is 20.1 Å². The Balaban J connectivity index is 1.57. The third kappa shape index (κ3) is 3.16. The van der Waals surface area contributed by atoms with E-state index in [1.54, 1.807) is 4.90 Å². The van der Waals surface area contributed by atoms with Gasteiger partial charge in [0.25, 0.3) is 0 Å². The van der Waals surface area contributed by atoms with E-state index in [4.69, 9.17) is 4.74 Å². The van der Waals surface area contributed by atoms with E-state index < -0.39 is 17.8 Å². The van der Waals surface area contributed by atoms with Gasteiger partial charge in [0.2, 0.25) is 0 Å². The molecule has 5 rings (SSSR count). The largest absolute Gasteiger partial charge is 0.465 e. The molecule has 0 aromatic heterocycles. The van der Waals surface area contributed by atoms with Crippen LogP contribution in [0.2, 0.25) is 0 Å². The van der Waals surface area contributed by atoms with Gasteiger partial charge in [-0.1, -0.05) is 0 Å². The number of amides is 2. The fourth-order valence-electron chi connectivity index (χ4n) is 6.91. The van der Waals surface area contributed by atoms with Crippen molar-refractivity contribution < 1.29 is 19.4 Å². The SMILES string of the molecule is CC(C)(C)OC(=O)N[C@@H]1CCN(C(=O)O)C1C12CC3CC(CC(C3)C1)C2. The highest BCUT2D eigenvalue weighted by atomic mass is 16.6. The molecule has 0 radical (unpaired) electrons. The number of hydrogen-bond acceptors (Lipinski definition) is 3. The molecule has 6 heteroatoms. The standard InChI is InChI=1S/C20H32N2O4/c1-19(2,3)26-17(23)21-15-4-5-22(18(24)25)16(15)20-9-12-6-13(10-20)8-14(7-12)11-20/h12-16H,4-11H2,1-3H3,(H,21,23)(H,24,25)/t12?,13?,14?,15-,16?,20?/m1/s1. The molecule has 4 saturated carbocycles. The van der Waals surface area contributed by atoms with Gasteiger partial charge in [-0.05, 0) is 88.9 Å². The number of alkyl carbamates (subject to hydrolysis) is 1. The van der Waals surface area contributed by atoms with Crippen LogP contribution in [0.25, 0.3) is 0 Å². The van der Waals surface area contributed by atoms with Gasteiger partial charge in [-0.2, -0.15) is 0 Å². The summed E-state index contributed by atoms with van der Waals surface area (Å²) < 4.78 is 5.45. The van der Waals surface area contributed by atoms with Crippen LogP contribution in [0, 0.1) is 23.2 Å². The van der Waals surface area contributed by atoms with Gasteiger partial charge in [-0.25, -0.2) is 9.59 Å². The number of rotatable bonds is 2. The molecule has 6 nitrogen and oxygen atoms in total. The zero-order valence-electron chi connectivity index (χ0n) is 16.2. The van der Waals surface area contributed by atoms with Crippen LogP contribution >= 0.6 is 0 Å². The van der Waals surface area contributed by atoms with E-state index in [2.05, 4.69) is 5.32 Å². The fraction of sp³-hybridized carbons (Fsp3) is 0.900. The van der Waals surface area contributed by atoms with E-state index >= 15 is 0 Å². The van der Waals surface area contributed by atoms with Crippen molar-refractivity contribution >= 4 is 12.2 Å². The maximum absolute atomic E-state index is 12.4. The predicted octanol–water partition coefficient (Wildman–Crippen LogP) is 3.85. The number of carbonyl (C=O) groups excluding carboxylic acids is 1. The van der Waals surface area contributed by atoms with Crippen molar-refractivity contribution in [3.8, 4) is 0 Å².